The smallest absolute Gasteiger partial charge is 0.338 e. The molecule has 1 unspecified atom stereocenters. The van der Waals surface area contributed by atoms with Gasteiger partial charge in [0, 0.05) is 37.8 Å². The topological polar surface area (TPSA) is 247 Å². The number of amides is 3. The summed E-state index contributed by atoms with van der Waals surface area (Å²) >= 11 is 0. The van der Waals surface area contributed by atoms with Gasteiger partial charge in [-0.25, -0.2) is 15.2 Å². The number of ether oxygens (including phenoxy) is 2. The van der Waals surface area contributed by atoms with Crippen LogP contribution < -0.4 is 20.8 Å². The van der Waals surface area contributed by atoms with Gasteiger partial charge in [0.15, 0.2) is 6.39 Å². The Morgan fingerprint density at radius 2 is 1.85 bits per heavy atom. The monoisotopic (exact) mass is 847 g/mol. The van der Waals surface area contributed by atoms with E-state index in [1.165, 1.54) is 42.4 Å². The van der Waals surface area contributed by atoms with E-state index in [-0.39, 0.29) is 49.7 Å². The predicted molar refractivity (Wildman–Crippen MR) is 221 cm³/mol. The Bertz CT molecular complexity index is 1960. The number of oxazole rings is 1. The third kappa shape index (κ3) is 14.7. The van der Waals surface area contributed by atoms with Crippen molar-refractivity contribution in [3.63, 3.8) is 0 Å². The van der Waals surface area contributed by atoms with Crippen LogP contribution >= 0.6 is 0 Å². The molecule has 2 aliphatic rings. The number of hydrazine groups is 1. The summed E-state index contributed by atoms with van der Waals surface area (Å²) in [7, 11) is 0. The number of allylic oxidation sites excluding steroid dienone is 4. The summed E-state index contributed by atoms with van der Waals surface area (Å²) in [5.41, 5.74) is 4.04. The number of carbonyl (C=O) groups is 6. The number of aromatic hydroxyl groups is 1. The Morgan fingerprint density at radius 1 is 1.08 bits per heavy atom. The van der Waals surface area contributed by atoms with Gasteiger partial charge in [-0.05, 0) is 62.3 Å². The number of rotatable bonds is 10. The average molecular weight is 848 g/mol. The number of hydrogen-bond donors (Lipinski definition) is 6. The van der Waals surface area contributed by atoms with Gasteiger partial charge >= 0.3 is 17.9 Å². The van der Waals surface area contributed by atoms with Crippen LogP contribution in [-0.2, 0) is 39.9 Å². The fraction of sp³-hybridized carbons (Fsp3) is 0.477. The minimum absolute atomic E-state index is 0.0401. The molecule has 17 heteroatoms. The van der Waals surface area contributed by atoms with Crippen molar-refractivity contribution < 1.29 is 58.0 Å². The van der Waals surface area contributed by atoms with Gasteiger partial charge < -0.3 is 44.6 Å². The highest BCUT2D eigenvalue weighted by molar-refractivity contribution is 5.93. The minimum atomic E-state index is -1.44. The highest BCUT2D eigenvalue weighted by atomic mass is 16.6. The lowest BCUT2D eigenvalue weighted by Gasteiger charge is -2.36. The normalized spacial score (nSPS) is 27.6. The number of benzene rings is 1. The zero-order chi connectivity index (χ0) is 44.6. The van der Waals surface area contributed by atoms with Crippen molar-refractivity contribution in [3.05, 3.63) is 90.5 Å². The van der Waals surface area contributed by atoms with Crippen LogP contribution in [-0.4, -0.2) is 104 Å². The van der Waals surface area contributed by atoms with Gasteiger partial charge in [-0.3, -0.25) is 24.2 Å². The lowest BCUT2D eigenvalue weighted by molar-refractivity contribution is -0.156. The van der Waals surface area contributed by atoms with Crippen molar-refractivity contribution in [3.8, 4) is 11.7 Å². The second-order valence-corrected chi connectivity index (χ2v) is 15.7. The first-order valence-corrected chi connectivity index (χ1v) is 20.3. The van der Waals surface area contributed by atoms with E-state index in [4.69, 9.17) is 13.9 Å². The Kier molecular flexibility index (Phi) is 18.2. The number of phenols is 1. The predicted octanol–water partition coefficient (Wildman–Crippen LogP) is 2.92. The number of aliphatic hydroxyl groups excluding tert-OH is 2. The van der Waals surface area contributed by atoms with Crippen molar-refractivity contribution >= 4 is 35.4 Å². The van der Waals surface area contributed by atoms with E-state index < -0.39 is 83.9 Å². The highest BCUT2D eigenvalue weighted by Gasteiger charge is 2.38. The quantitative estimate of drug-likeness (QED) is 0.114. The van der Waals surface area contributed by atoms with Gasteiger partial charge in [0.1, 0.15) is 42.0 Å². The van der Waals surface area contributed by atoms with Gasteiger partial charge in [0.05, 0.1) is 18.1 Å². The molecular weight excluding hydrogens is 791 g/mol. The van der Waals surface area contributed by atoms with Crippen molar-refractivity contribution in [1.82, 2.24) is 26.1 Å². The molecule has 0 radical (unpaired) electrons. The summed E-state index contributed by atoms with van der Waals surface area (Å²) in [5.74, 6) is -6.35. The molecule has 2 aliphatic heterocycles. The van der Waals surface area contributed by atoms with Crippen LogP contribution in [0.1, 0.15) is 72.3 Å². The SMILES string of the molecule is CC(=O)CC[C@H]1C(=O)N[C@@H](C(C)C)C(=O)N[C@@H](Cc2cccc(O)c2)C(=O)N2CCCC(N2)C(=O)O[C@H](/C(C)=C/C=C/C(=O)Oc2cnco2)C/C=C/C=C/[C@H](O)[C@H](C)[C@H]1O. The number of nitrogens with zero attached hydrogens (tertiary/aromatic N) is 2. The number of fused-ring (bicyclic) bond motifs is 2. The maximum Gasteiger partial charge on any atom is 0.338 e. The zero-order valence-electron chi connectivity index (χ0n) is 35.1. The number of aromatic nitrogens is 1. The van der Waals surface area contributed by atoms with Gasteiger partial charge in [-0.15, -0.1) is 0 Å². The Morgan fingerprint density at radius 3 is 2.54 bits per heavy atom. The number of cyclic esters (lactones) is 1. The molecule has 17 nitrogen and oxygen atoms in total. The number of ketones is 1. The molecule has 0 aliphatic carbocycles. The van der Waals surface area contributed by atoms with E-state index in [1.807, 2.05) is 0 Å². The van der Waals surface area contributed by atoms with Crippen LogP contribution in [0.4, 0.5) is 0 Å². The maximum atomic E-state index is 14.3. The van der Waals surface area contributed by atoms with Crippen molar-refractivity contribution in [2.24, 2.45) is 17.8 Å². The molecule has 4 rings (SSSR count). The molecule has 330 valence electrons. The van der Waals surface area contributed by atoms with E-state index in [0.717, 1.165) is 12.5 Å². The summed E-state index contributed by atoms with van der Waals surface area (Å²) in [4.78, 5) is 84.1. The second kappa shape index (κ2) is 23.2. The largest absolute Gasteiger partial charge is 0.508 e. The lowest BCUT2D eigenvalue weighted by atomic mass is 9.84. The zero-order valence-corrected chi connectivity index (χ0v) is 35.1. The van der Waals surface area contributed by atoms with Gasteiger partial charge in [-0.1, -0.05) is 69.4 Å². The summed E-state index contributed by atoms with van der Waals surface area (Å²) < 4.78 is 15.9. The number of carbonyl (C=O) groups excluding carboxylic acids is 6. The van der Waals surface area contributed by atoms with Crippen LogP contribution in [0.25, 0.3) is 0 Å². The van der Waals surface area contributed by atoms with Crippen molar-refractivity contribution in [2.75, 3.05) is 6.54 Å². The molecule has 0 saturated carbocycles. The van der Waals surface area contributed by atoms with Gasteiger partial charge in [-0.2, -0.15) is 0 Å². The number of aliphatic hydroxyl groups is 2. The summed E-state index contributed by atoms with van der Waals surface area (Å²) in [6, 6.07) is 2.80. The molecule has 1 fully saturated rings. The molecular formula is C44H57N5O12. The third-order valence-electron chi connectivity index (χ3n) is 10.5. The molecule has 1 saturated heterocycles. The van der Waals surface area contributed by atoms with E-state index in [2.05, 4.69) is 21.0 Å². The molecule has 61 heavy (non-hydrogen) atoms. The fourth-order valence-electron chi connectivity index (χ4n) is 6.82. The van der Waals surface area contributed by atoms with E-state index in [0.29, 0.717) is 24.0 Å². The molecule has 3 heterocycles. The molecule has 3 amide bonds. The number of hydrogen-bond acceptors (Lipinski definition) is 14. The van der Waals surface area contributed by atoms with Crippen LogP contribution in [0.5, 0.6) is 11.7 Å². The molecule has 8 atom stereocenters. The number of nitrogens with one attached hydrogen (secondary N) is 3. The van der Waals surface area contributed by atoms with E-state index in [9.17, 15) is 44.1 Å². The summed E-state index contributed by atoms with van der Waals surface area (Å²) in [6.45, 7) is 8.20. The fourth-order valence-corrected chi connectivity index (χ4v) is 6.82. The maximum absolute atomic E-state index is 14.3. The Balaban J connectivity index is 1.70. The third-order valence-corrected chi connectivity index (χ3v) is 10.5. The van der Waals surface area contributed by atoms with Gasteiger partial charge in [0.25, 0.3) is 5.91 Å². The first-order valence-electron chi connectivity index (χ1n) is 20.3. The standard InChI is InChI=1S/C44H57N5O12/c1-26(2)39-42(56)46-34(23-30-13-10-14-31(51)22-30)43(57)49-21-11-15-33(48-49)44(58)60-36(27(3)12-9-18-37(53)61-38-24-45-25-59-38)17-8-6-7-16-35(52)29(5)40(54)32(41(55)47-39)20-19-28(4)50/h6-10,12-14,16,18,22,24-26,29,32-36,39-40,48,51-52,54H,11,15,17,19-21,23H2,1-5H3,(H,46,56)(H,47,55)/b8-6+,16-7+,18-9+,27-12+/t29-,32+,33?,34-,35-,36-,39-,40+/m0/s1. The second-order valence-electron chi connectivity index (χ2n) is 15.7. The first-order chi connectivity index (χ1) is 29.0. The number of esters is 2. The summed E-state index contributed by atoms with van der Waals surface area (Å²) in [6.07, 6.45) is 9.96. The van der Waals surface area contributed by atoms with Crippen molar-refractivity contribution in [2.45, 2.75) is 110 Å². The molecule has 6 N–H and O–H groups in total. The van der Waals surface area contributed by atoms with E-state index in [1.54, 1.807) is 64.1 Å². The Labute approximate surface area is 354 Å². The van der Waals surface area contributed by atoms with Crippen LogP contribution in [0.3, 0.4) is 0 Å². The summed E-state index contributed by atoms with van der Waals surface area (Å²) in [5, 5.41) is 39.5. The van der Waals surface area contributed by atoms with Gasteiger partial charge in [0.2, 0.25) is 11.8 Å². The van der Waals surface area contributed by atoms with Crippen LogP contribution in [0.15, 0.2) is 89.4 Å². The molecule has 2 bridgehead atoms. The minimum Gasteiger partial charge on any atom is -0.508 e. The lowest BCUT2D eigenvalue weighted by Crippen LogP contribution is -2.62. The van der Waals surface area contributed by atoms with Crippen LogP contribution in [0, 0.1) is 17.8 Å². The number of phenolic OH excluding ortho intramolecular Hbond substituents is 1. The van der Waals surface area contributed by atoms with E-state index >= 15 is 0 Å². The molecule has 1 aromatic carbocycles. The average Bonchev–Trinajstić information content (AvgIpc) is 3.73. The number of Topliss-reactive ketones (excluding diaryl/α,β-unsaturated/α-hetero) is 1. The molecule has 1 aromatic heterocycles. The van der Waals surface area contributed by atoms with Crippen LogP contribution in [0.2, 0.25) is 0 Å². The molecule has 0 spiro atoms. The Hall–Kier alpha value is -5.91. The highest BCUT2D eigenvalue weighted by Crippen LogP contribution is 2.24. The van der Waals surface area contributed by atoms with Crippen molar-refractivity contribution in [1.29, 1.82) is 0 Å². The first kappa shape index (κ1) is 47.8. The molecule has 2 aromatic rings.